The predicted octanol–water partition coefficient (Wildman–Crippen LogP) is 3.23. The van der Waals surface area contributed by atoms with E-state index in [0.717, 1.165) is 23.0 Å². The second-order valence-electron chi connectivity index (χ2n) is 6.78. The maximum Gasteiger partial charge on any atom is 0.239 e. The molecule has 0 atom stereocenters. The fourth-order valence-electron chi connectivity index (χ4n) is 3.12. The van der Waals surface area contributed by atoms with Crippen LogP contribution in [0.5, 0.6) is 0 Å². The SMILES string of the molecule is CN(CCC(=O)Nc1ccc2c(c1)CCC2)CC(=O)Nc1ccc(Br)cn1. The normalized spacial score (nSPS) is 12.7. The van der Waals surface area contributed by atoms with Crippen molar-refractivity contribution in [3.05, 3.63) is 52.1 Å². The van der Waals surface area contributed by atoms with Crippen molar-refractivity contribution in [2.75, 3.05) is 30.8 Å². The molecule has 1 aromatic heterocycles. The molecule has 0 aliphatic heterocycles. The van der Waals surface area contributed by atoms with Crippen LogP contribution < -0.4 is 10.6 Å². The zero-order valence-electron chi connectivity index (χ0n) is 15.3. The highest BCUT2D eigenvalue weighted by Gasteiger charge is 2.13. The number of hydrogen-bond donors (Lipinski definition) is 2. The van der Waals surface area contributed by atoms with E-state index in [0.29, 0.717) is 18.8 Å². The van der Waals surface area contributed by atoms with Gasteiger partial charge in [-0.05, 0) is 77.6 Å². The van der Waals surface area contributed by atoms with Crippen molar-refractivity contribution in [2.45, 2.75) is 25.7 Å². The first kappa shape index (κ1) is 19.5. The molecule has 0 radical (unpaired) electrons. The minimum absolute atomic E-state index is 0.0465. The molecule has 0 bridgehead atoms. The number of aryl methyl sites for hydroxylation is 2. The van der Waals surface area contributed by atoms with Crippen molar-refractivity contribution < 1.29 is 9.59 Å². The van der Waals surface area contributed by atoms with Gasteiger partial charge in [0.1, 0.15) is 5.82 Å². The van der Waals surface area contributed by atoms with Crippen molar-refractivity contribution in [3.63, 3.8) is 0 Å². The number of pyridine rings is 1. The summed E-state index contributed by atoms with van der Waals surface area (Å²) in [6.07, 6.45) is 5.37. The molecule has 142 valence electrons. The van der Waals surface area contributed by atoms with Crippen LogP contribution in [0.1, 0.15) is 24.0 Å². The summed E-state index contributed by atoms with van der Waals surface area (Å²) in [6, 6.07) is 9.68. The van der Waals surface area contributed by atoms with E-state index < -0.39 is 0 Å². The summed E-state index contributed by atoms with van der Waals surface area (Å²) < 4.78 is 0.854. The van der Waals surface area contributed by atoms with E-state index >= 15 is 0 Å². The molecular weight excluding hydrogens is 408 g/mol. The Balaban J connectivity index is 1.40. The van der Waals surface area contributed by atoms with Gasteiger partial charge in [0.25, 0.3) is 0 Å². The Morgan fingerprint density at radius 3 is 2.70 bits per heavy atom. The second kappa shape index (κ2) is 9.10. The first-order valence-electron chi connectivity index (χ1n) is 9.01. The number of rotatable bonds is 7. The third-order valence-corrected chi connectivity index (χ3v) is 4.98. The average molecular weight is 431 g/mol. The number of benzene rings is 1. The zero-order chi connectivity index (χ0) is 19.2. The Morgan fingerprint density at radius 1 is 1.11 bits per heavy atom. The van der Waals surface area contributed by atoms with Crippen LogP contribution in [0.3, 0.4) is 0 Å². The third-order valence-electron chi connectivity index (χ3n) is 4.51. The monoisotopic (exact) mass is 430 g/mol. The Bertz CT molecular complexity index is 823. The van der Waals surface area contributed by atoms with Crippen LogP contribution in [-0.4, -0.2) is 41.8 Å². The average Bonchev–Trinajstić information content (AvgIpc) is 3.09. The van der Waals surface area contributed by atoms with E-state index in [2.05, 4.69) is 43.7 Å². The highest BCUT2D eigenvalue weighted by Crippen LogP contribution is 2.24. The molecule has 2 amide bonds. The molecule has 1 aliphatic carbocycles. The van der Waals surface area contributed by atoms with Crippen LogP contribution in [0.4, 0.5) is 11.5 Å². The number of amides is 2. The molecule has 1 aromatic carbocycles. The lowest BCUT2D eigenvalue weighted by Crippen LogP contribution is -2.32. The van der Waals surface area contributed by atoms with Crippen LogP contribution in [-0.2, 0) is 22.4 Å². The van der Waals surface area contributed by atoms with Gasteiger partial charge in [-0.25, -0.2) is 4.98 Å². The van der Waals surface area contributed by atoms with Gasteiger partial charge in [0.2, 0.25) is 11.8 Å². The summed E-state index contributed by atoms with van der Waals surface area (Å²) in [5.74, 6) is 0.298. The molecule has 2 aromatic rings. The van der Waals surface area contributed by atoms with Crippen molar-refractivity contribution in [3.8, 4) is 0 Å². The van der Waals surface area contributed by atoms with Gasteiger partial charge in [0, 0.05) is 29.3 Å². The minimum atomic E-state index is -0.161. The molecule has 0 saturated heterocycles. The van der Waals surface area contributed by atoms with Crippen LogP contribution in [0.25, 0.3) is 0 Å². The van der Waals surface area contributed by atoms with Gasteiger partial charge >= 0.3 is 0 Å². The number of hydrogen-bond acceptors (Lipinski definition) is 4. The van der Waals surface area contributed by atoms with Gasteiger partial charge in [-0.3, -0.25) is 14.5 Å². The van der Waals surface area contributed by atoms with E-state index in [1.54, 1.807) is 12.3 Å². The lowest BCUT2D eigenvalue weighted by atomic mass is 10.1. The lowest BCUT2D eigenvalue weighted by molar-refractivity contribution is -0.119. The van der Waals surface area contributed by atoms with Gasteiger partial charge in [-0.15, -0.1) is 0 Å². The molecule has 1 aliphatic rings. The van der Waals surface area contributed by atoms with Crippen LogP contribution >= 0.6 is 15.9 Å². The van der Waals surface area contributed by atoms with Gasteiger partial charge < -0.3 is 10.6 Å². The maximum absolute atomic E-state index is 12.2. The topological polar surface area (TPSA) is 74.3 Å². The summed E-state index contributed by atoms with van der Waals surface area (Å²) >= 11 is 3.30. The summed E-state index contributed by atoms with van der Waals surface area (Å²) in [4.78, 5) is 30.1. The summed E-state index contributed by atoms with van der Waals surface area (Å²) in [5, 5.41) is 5.68. The molecule has 0 saturated carbocycles. The molecule has 6 nitrogen and oxygen atoms in total. The lowest BCUT2D eigenvalue weighted by Gasteiger charge is -2.16. The largest absolute Gasteiger partial charge is 0.326 e. The first-order valence-corrected chi connectivity index (χ1v) is 9.80. The zero-order valence-corrected chi connectivity index (χ0v) is 16.9. The number of carbonyl (C=O) groups excluding carboxylic acids is 2. The molecular formula is C20H23BrN4O2. The molecule has 0 fully saturated rings. The van der Waals surface area contributed by atoms with Gasteiger partial charge in [0.15, 0.2) is 0 Å². The van der Waals surface area contributed by atoms with Crippen molar-refractivity contribution in [1.82, 2.24) is 9.88 Å². The number of nitrogens with one attached hydrogen (secondary N) is 2. The van der Waals surface area contributed by atoms with E-state index in [-0.39, 0.29) is 18.4 Å². The summed E-state index contributed by atoms with van der Waals surface area (Å²) in [6.45, 7) is 0.696. The van der Waals surface area contributed by atoms with Crippen LogP contribution in [0.15, 0.2) is 41.0 Å². The second-order valence-corrected chi connectivity index (χ2v) is 7.70. The fourth-order valence-corrected chi connectivity index (χ4v) is 3.36. The maximum atomic E-state index is 12.2. The highest BCUT2D eigenvalue weighted by atomic mass is 79.9. The van der Waals surface area contributed by atoms with Crippen molar-refractivity contribution in [2.24, 2.45) is 0 Å². The quantitative estimate of drug-likeness (QED) is 0.706. The van der Waals surface area contributed by atoms with Gasteiger partial charge in [-0.1, -0.05) is 6.07 Å². The number of carbonyl (C=O) groups is 2. The smallest absolute Gasteiger partial charge is 0.239 e. The Kier molecular flexibility index (Phi) is 6.58. The minimum Gasteiger partial charge on any atom is -0.326 e. The van der Waals surface area contributed by atoms with Crippen molar-refractivity contribution in [1.29, 1.82) is 0 Å². The standard InChI is InChI=1S/C20H23BrN4O2/c1-25(13-20(27)24-18-8-6-16(21)12-22-18)10-9-19(26)23-17-7-5-14-3-2-4-15(14)11-17/h5-8,11-12H,2-4,9-10,13H2,1H3,(H,23,26)(H,22,24,27). The third kappa shape index (κ3) is 5.87. The highest BCUT2D eigenvalue weighted by molar-refractivity contribution is 9.10. The molecule has 0 spiro atoms. The number of likely N-dealkylation sites (N-methyl/N-ethyl adjacent to an activating group) is 1. The predicted molar refractivity (Wildman–Crippen MR) is 110 cm³/mol. The fraction of sp³-hybridized carbons (Fsp3) is 0.350. The van der Waals surface area contributed by atoms with E-state index in [1.165, 1.54) is 17.5 Å². The number of anilines is 2. The Hall–Kier alpha value is -2.25. The number of nitrogens with zero attached hydrogens (tertiary/aromatic N) is 2. The molecule has 0 unspecified atom stereocenters. The van der Waals surface area contributed by atoms with E-state index in [9.17, 15) is 9.59 Å². The number of fused-ring (bicyclic) bond motifs is 1. The molecule has 2 N–H and O–H groups in total. The van der Waals surface area contributed by atoms with Gasteiger partial charge in [-0.2, -0.15) is 0 Å². The number of halogens is 1. The van der Waals surface area contributed by atoms with Crippen LogP contribution in [0.2, 0.25) is 0 Å². The van der Waals surface area contributed by atoms with E-state index in [4.69, 9.17) is 0 Å². The van der Waals surface area contributed by atoms with E-state index in [1.807, 2.05) is 24.1 Å². The summed E-state index contributed by atoms with van der Waals surface area (Å²) in [5.41, 5.74) is 3.57. The molecule has 1 heterocycles. The Labute approximate surface area is 167 Å². The van der Waals surface area contributed by atoms with Crippen molar-refractivity contribution >= 4 is 39.2 Å². The van der Waals surface area contributed by atoms with Crippen LogP contribution in [0, 0.1) is 0 Å². The first-order chi connectivity index (χ1) is 13.0. The molecule has 7 heteroatoms. The number of aromatic nitrogens is 1. The molecule has 3 rings (SSSR count). The summed E-state index contributed by atoms with van der Waals surface area (Å²) in [7, 11) is 1.82. The van der Waals surface area contributed by atoms with Gasteiger partial charge in [0.05, 0.1) is 6.54 Å². The Morgan fingerprint density at radius 2 is 1.93 bits per heavy atom. The molecule has 27 heavy (non-hydrogen) atoms.